The van der Waals surface area contributed by atoms with Crippen molar-refractivity contribution in [3.8, 4) is 0 Å². The number of carbonyl (C=O) groups excluding carboxylic acids is 1. The summed E-state index contributed by atoms with van der Waals surface area (Å²) in [5.74, 6) is 0.570. The van der Waals surface area contributed by atoms with Crippen molar-refractivity contribution in [2.45, 2.75) is 44.6 Å². The molecule has 2 amide bonds. The van der Waals surface area contributed by atoms with Crippen LogP contribution in [0, 0.1) is 5.92 Å². The van der Waals surface area contributed by atoms with Gasteiger partial charge in [0.25, 0.3) is 0 Å². The SMILES string of the molecule is CN(CC1CCOCC1)C(=O)N[C@@H]1CCCCc2ccccc21. The van der Waals surface area contributed by atoms with E-state index in [1.807, 2.05) is 11.9 Å². The molecule has 1 fully saturated rings. The molecule has 3 rings (SSSR count). The lowest BCUT2D eigenvalue weighted by atomic mass is 9.99. The van der Waals surface area contributed by atoms with Crippen LogP contribution in [0.4, 0.5) is 4.79 Å². The molecule has 1 heterocycles. The van der Waals surface area contributed by atoms with Gasteiger partial charge in [0.05, 0.1) is 6.04 Å². The lowest BCUT2D eigenvalue weighted by Gasteiger charge is -2.29. The van der Waals surface area contributed by atoms with Gasteiger partial charge in [0.1, 0.15) is 0 Å². The lowest BCUT2D eigenvalue weighted by Crippen LogP contribution is -2.42. The number of aryl methyl sites for hydroxylation is 1. The minimum Gasteiger partial charge on any atom is -0.381 e. The second-order valence-corrected chi connectivity index (χ2v) is 6.88. The topological polar surface area (TPSA) is 41.6 Å². The Morgan fingerprint density at radius 2 is 2.00 bits per heavy atom. The fourth-order valence-corrected chi connectivity index (χ4v) is 3.73. The molecule has 4 nitrogen and oxygen atoms in total. The third-order valence-corrected chi connectivity index (χ3v) is 5.14. The van der Waals surface area contributed by atoms with E-state index in [9.17, 15) is 4.79 Å². The van der Waals surface area contributed by atoms with Crippen molar-refractivity contribution in [1.82, 2.24) is 10.2 Å². The summed E-state index contributed by atoms with van der Waals surface area (Å²) in [4.78, 5) is 14.4. The van der Waals surface area contributed by atoms with Crippen molar-refractivity contribution < 1.29 is 9.53 Å². The minimum atomic E-state index is 0.0539. The Morgan fingerprint density at radius 3 is 2.83 bits per heavy atom. The Hall–Kier alpha value is -1.55. The first-order chi connectivity index (χ1) is 11.2. The molecule has 1 saturated heterocycles. The molecule has 1 aliphatic heterocycles. The van der Waals surface area contributed by atoms with Crippen LogP contribution in [0.25, 0.3) is 0 Å². The highest BCUT2D eigenvalue weighted by molar-refractivity contribution is 5.74. The predicted molar refractivity (Wildman–Crippen MR) is 91.4 cm³/mol. The summed E-state index contributed by atoms with van der Waals surface area (Å²) in [6, 6.07) is 8.75. The molecule has 1 atom stereocenters. The number of ether oxygens (including phenoxy) is 1. The van der Waals surface area contributed by atoms with E-state index in [2.05, 4.69) is 29.6 Å². The molecule has 0 spiro atoms. The van der Waals surface area contributed by atoms with Gasteiger partial charge in [-0.1, -0.05) is 30.7 Å². The first-order valence-electron chi connectivity index (χ1n) is 8.91. The Balaban J connectivity index is 1.60. The van der Waals surface area contributed by atoms with Crippen LogP contribution in [0.5, 0.6) is 0 Å². The summed E-state index contributed by atoms with van der Waals surface area (Å²) in [7, 11) is 1.91. The van der Waals surface area contributed by atoms with Gasteiger partial charge in [-0.05, 0) is 49.1 Å². The van der Waals surface area contributed by atoms with Crippen LogP contribution in [0.1, 0.15) is 49.3 Å². The number of nitrogens with zero attached hydrogens (tertiary/aromatic N) is 1. The molecule has 23 heavy (non-hydrogen) atoms. The molecule has 0 saturated carbocycles. The predicted octanol–water partition coefficient (Wildman–Crippen LogP) is 3.52. The fourth-order valence-electron chi connectivity index (χ4n) is 3.73. The first kappa shape index (κ1) is 16.3. The van der Waals surface area contributed by atoms with Gasteiger partial charge in [-0.3, -0.25) is 0 Å². The number of carbonyl (C=O) groups is 1. The highest BCUT2D eigenvalue weighted by Gasteiger charge is 2.23. The van der Waals surface area contributed by atoms with Crippen molar-refractivity contribution in [3.05, 3.63) is 35.4 Å². The molecule has 0 bridgehead atoms. The average Bonchev–Trinajstić information content (AvgIpc) is 2.78. The van der Waals surface area contributed by atoms with Crippen LogP contribution in [-0.2, 0) is 11.2 Å². The average molecular weight is 316 g/mol. The molecule has 1 aliphatic carbocycles. The molecule has 0 aromatic heterocycles. The number of nitrogens with one attached hydrogen (secondary N) is 1. The molecule has 0 unspecified atom stereocenters. The zero-order chi connectivity index (χ0) is 16.1. The number of urea groups is 1. The van der Waals surface area contributed by atoms with Gasteiger partial charge in [-0.2, -0.15) is 0 Å². The molecule has 1 aromatic carbocycles. The molecule has 0 radical (unpaired) electrons. The molecule has 126 valence electrons. The van der Waals surface area contributed by atoms with Gasteiger partial charge in [0, 0.05) is 26.8 Å². The number of amides is 2. The first-order valence-corrected chi connectivity index (χ1v) is 8.91. The Labute approximate surface area is 139 Å². The zero-order valence-corrected chi connectivity index (χ0v) is 14.1. The van der Waals surface area contributed by atoms with E-state index in [-0.39, 0.29) is 12.1 Å². The number of hydrogen-bond acceptors (Lipinski definition) is 2. The second-order valence-electron chi connectivity index (χ2n) is 6.88. The summed E-state index contributed by atoms with van der Waals surface area (Å²) in [6.07, 6.45) is 6.66. The van der Waals surface area contributed by atoms with E-state index in [1.54, 1.807) is 0 Å². The van der Waals surface area contributed by atoms with Crippen molar-refractivity contribution >= 4 is 6.03 Å². The largest absolute Gasteiger partial charge is 0.381 e. The standard InChI is InChI=1S/C19H28N2O2/c1-21(14-15-10-12-23-13-11-15)19(22)20-18-9-5-3-7-16-6-2-4-8-17(16)18/h2,4,6,8,15,18H,3,5,7,9-14H2,1H3,(H,20,22)/t18-/m1/s1. The van der Waals surface area contributed by atoms with Crippen molar-refractivity contribution in [2.24, 2.45) is 5.92 Å². The van der Waals surface area contributed by atoms with E-state index < -0.39 is 0 Å². The highest BCUT2D eigenvalue weighted by Crippen LogP contribution is 2.28. The van der Waals surface area contributed by atoms with E-state index in [1.165, 1.54) is 24.0 Å². The number of fused-ring (bicyclic) bond motifs is 1. The van der Waals surface area contributed by atoms with Gasteiger partial charge in [-0.15, -0.1) is 0 Å². The maximum atomic E-state index is 12.6. The summed E-state index contributed by atoms with van der Waals surface area (Å²) in [6.45, 7) is 2.48. The lowest BCUT2D eigenvalue weighted by molar-refractivity contribution is 0.0584. The maximum absolute atomic E-state index is 12.6. The minimum absolute atomic E-state index is 0.0539. The van der Waals surface area contributed by atoms with Gasteiger partial charge >= 0.3 is 6.03 Å². The Bertz CT molecular complexity index is 526. The van der Waals surface area contributed by atoms with Crippen LogP contribution in [0.15, 0.2) is 24.3 Å². The number of benzene rings is 1. The zero-order valence-electron chi connectivity index (χ0n) is 14.1. The summed E-state index contributed by atoms with van der Waals surface area (Å²) in [5.41, 5.74) is 2.69. The van der Waals surface area contributed by atoms with E-state index >= 15 is 0 Å². The maximum Gasteiger partial charge on any atom is 0.317 e. The third-order valence-electron chi connectivity index (χ3n) is 5.14. The van der Waals surface area contributed by atoms with Crippen LogP contribution >= 0.6 is 0 Å². The van der Waals surface area contributed by atoms with Gasteiger partial charge in [0.15, 0.2) is 0 Å². The van der Waals surface area contributed by atoms with Gasteiger partial charge < -0.3 is 15.0 Å². The van der Waals surface area contributed by atoms with Gasteiger partial charge in [-0.25, -0.2) is 4.79 Å². The second kappa shape index (κ2) is 7.82. The highest BCUT2D eigenvalue weighted by atomic mass is 16.5. The smallest absolute Gasteiger partial charge is 0.317 e. The summed E-state index contributed by atoms with van der Waals surface area (Å²) < 4.78 is 5.40. The van der Waals surface area contributed by atoms with Crippen LogP contribution in [0.2, 0.25) is 0 Å². The Kier molecular flexibility index (Phi) is 5.55. The monoisotopic (exact) mass is 316 g/mol. The van der Waals surface area contributed by atoms with Crippen LogP contribution < -0.4 is 5.32 Å². The number of hydrogen-bond donors (Lipinski definition) is 1. The Morgan fingerprint density at radius 1 is 1.22 bits per heavy atom. The van der Waals surface area contributed by atoms with Crippen molar-refractivity contribution in [3.63, 3.8) is 0 Å². The fraction of sp³-hybridized carbons (Fsp3) is 0.632. The molecule has 2 aliphatic rings. The van der Waals surface area contributed by atoms with Gasteiger partial charge in [0.2, 0.25) is 0 Å². The van der Waals surface area contributed by atoms with Crippen molar-refractivity contribution in [2.75, 3.05) is 26.8 Å². The number of rotatable bonds is 3. The summed E-state index contributed by atoms with van der Waals surface area (Å²) >= 11 is 0. The third kappa shape index (κ3) is 4.25. The summed E-state index contributed by atoms with van der Waals surface area (Å²) in [5, 5.41) is 3.26. The van der Waals surface area contributed by atoms with E-state index in [4.69, 9.17) is 4.74 Å². The molecular weight excluding hydrogens is 288 g/mol. The quantitative estimate of drug-likeness (QED) is 0.867. The van der Waals surface area contributed by atoms with Crippen molar-refractivity contribution in [1.29, 1.82) is 0 Å². The molecule has 4 heteroatoms. The van der Waals surface area contributed by atoms with Crippen LogP contribution in [0.3, 0.4) is 0 Å². The normalized spacial score (nSPS) is 22.0. The molecule has 1 N–H and O–H groups in total. The van der Waals surface area contributed by atoms with E-state index in [0.717, 1.165) is 45.4 Å². The van der Waals surface area contributed by atoms with Crippen LogP contribution in [-0.4, -0.2) is 37.7 Å². The molecular formula is C19H28N2O2. The van der Waals surface area contributed by atoms with E-state index in [0.29, 0.717) is 5.92 Å². The molecule has 1 aromatic rings.